The molecule has 8 fully saturated rings. The van der Waals surface area contributed by atoms with Crippen LogP contribution in [0.25, 0.3) is 0 Å². The Labute approximate surface area is 191 Å². The molecule has 4 nitrogen and oxygen atoms in total. The van der Waals surface area contributed by atoms with Crippen molar-refractivity contribution in [3.05, 3.63) is 0 Å². The third-order valence-electron chi connectivity index (χ3n) is 7.57. The van der Waals surface area contributed by atoms with Crippen LogP contribution in [0.3, 0.4) is 0 Å². The van der Waals surface area contributed by atoms with Crippen LogP contribution in [0.5, 0.6) is 0 Å². The molecule has 0 aromatic heterocycles. The molecule has 8 heteroatoms. The van der Waals surface area contributed by atoms with Crippen molar-refractivity contribution in [2.75, 3.05) is 50.8 Å². The molecule has 28 heavy (non-hydrogen) atoms. The molecule has 4 bridgehead atoms. The van der Waals surface area contributed by atoms with Crippen LogP contribution in [0.2, 0.25) is 0 Å². The molecule has 8 aliphatic rings. The van der Waals surface area contributed by atoms with E-state index in [4.69, 9.17) is 9.47 Å². The topological polar surface area (TPSA) is 24.9 Å². The van der Waals surface area contributed by atoms with E-state index in [1.54, 1.807) is 0 Å². The molecule has 8 rings (SSSR count). The lowest BCUT2D eigenvalue weighted by molar-refractivity contribution is -0.133. The molecule has 0 radical (unpaired) electrons. The summed E-state index contributed by atoms with van der Waals surface area (Å²) in [4.78, 5) is 5.16. The fraction of sp³-hybridized carbons (Fsp3) is 1.00. The molecule has 0 N–H and O–H groups in total. The summed E-state index contributed by atoms with van der Waals surface area (Å²) in [6.07, 6.45) is 5.47. The Morgan fingerprint density at radius 2 is 1.04 bits per heavy atom. The highest BCUT2D eigenvalue weighted by Crippen LogP contribution is 2.47. The maximum atomic E-state index is 6.14. The lowest BCUT2D eigenvalue weighted by atomic mass is 9.76. The first-order valence-corrected chi connectivity index (χ1v) is 12.7. The largest absolute Gasteiger partial charge is 0.359 e. The Morgan fingerprint density at radius 3 is 1.25 bits per heavy atom. The quantitative estimate of drug-likeness (QED) is 0.531. The molecule has 8 heterocycles. The van der Waals surface area contributed by atoms with Crippen LogP contribution in [-0.2, 0) is 9.47 Å². The van der Waals surface area contributed by atoms with Crippen molar-refractivity contribution in [1.82, 2.24) is 9.80 Å². The first-order chi connectivity index (χ1) is 12.6. The van der Waals surface area contributed by atoms with Gasteiger partial charge in [-0.25, -0.2) is 0 Å². The molecule has 8 aliphatic heterocycles. The molecule has 0 amide bonds. The highest BCUT2D eigenvalue weighted by atomic mass is 35.5. The van der Waals surface area contributed by atoms with Gasteiger partial charge in [0.15, 0.2) is 0 Å². The minimum atomic E-state index is 0. The highest BCUT2D eigenvalue weighted by molar-refractivity contribution is 8.00. The van der Waals surface area contributed by atoms with Gasteiger partial charge in [0, 0.05) is 24.6 Å². The summed E-state index contributed by atoms with van der Waals surface area (Å²) in [6, 6.07) is 0. The van der Waals surface area contributed by atoms with Crippen LogP contribution in [-0.4, -0.2) is 82.6 Å². The number of ether oxygens (including phenoxy) is 2. The van der Waals surface area contributed by atoms with Crippen LogP contribution in [0.15, 0.2) is 0 Å². The van der Waals surface area contributed by atoms with E-state index in [1.165, 1.54) is 76.5 Å². The molecule has 0 aliphatic carbocycles. The molecule has 2 spiro atoms. The van der Waals surface area contributed by atoms with Gasteiger partial charge in [-0.3, -0.25) is 0 Å². The zero-order valence-electron chi connectivity index (χ0n) is 17.1. The summed E-state index contributed by atoms with van der Waals surface area (Å²) in [7, 11) is 0. The van der Waals surface area contributed by atoms with Crippen molar-refractivity contribution in [1.29, 1.82) is 0 Å². The van der Waals surface area contributed by atoms with Crippen LogP contribution in [0.1, 0.15) is 39.5 Å². The van der Waals surface area contributed by atoms with E-state index in [-0.39, 0.29) is 36.0 Å². The highest BCUT2D eigenvalue weighted by Gasteiger charge is 2.52. The molecule has 0 unspecified atom stereocenters. The van der Waals surface area contributed by atoms with Crippen LogP contribution >= 0.6 is 48.3 Å². The van der Waals surface area contributed by atoms with Crippen LogP contribution in [0.4, 0.5) is 0 Å². The van der Waals surface area contributed by atoms with Gasteiger partial charge in [-0.2, -0.15) is 0 Å². The standard InChI is InChI=1S/2C10H17NOS.2ClH/c2*1-8-12-10(7-13-8)6-11-4-2-9(10)3-5-11;;/h2*8-9H,2-7H2,1H3;2*1H/t2*8-,10-;;/m10../s1. The molecule has 164 valence electrons. The zero-order chi connectivity index (χ0) is 17.8. The number of thioether (sulfide) groups is 2. The lowest BCUT2D eigenvalue weighted by Gasteiger charge is -2.50. The van der Waals surface area contributed by atoms with Gasteiger partial charge in [0.05, 0.1) is 11.2 Å². The van der Waals surface area contributed by atoms with E-state index in [0.717, 1.165) is 11.8 Å². The zero-order valence-corrected chi connectivity index (χ0v) is 20.4. The summed E-state index contributed by atoms with van der Waals surface area (Å²) in [5, 5.41) is 0. The molecular weight excluding hydrogens is 435 g/mol. The molecule has 0 aromatic carbocycles. The van der Waals surface area contributed by atoms with Crippen molar-refractivity contribution in [3.63, 3.8) is 0 Å². The van der Waals surface area contributed by atoms with Crippen molar-refractivity contribution >= 4 is 48.3 Å². The van der Waals surface area contributed by atoms with Gasteiger partial charge in [0.1, 0.15) is 10.9 Å². The number of rotatable bonds is 0. The molecule has 0 saturated carbocycles. The van der Waals surface area contributed by atoms with E-state index < -0.39 is 0 Å². The van der Waals surface area contributed by atoms with E-state index in [2.05, 4.69) is 23.6 Å². The number of piperidine rings is 6. The fourth-order valence-electron chi connectivity index (χ4n) is 6.16. The van der Waals surface area contributed by atoms with Crippen molar-refractivity contribution < 1.29 is 9.47 Å². The van der Waals surface area contributed by atoms with E-state index in [1.807, 2.05) is 23.5 Å². The smallest absolute Gasteiger partial charge is 0.101 e. The summed E-state index contributed by atoms with van der Waals surface area (Å²) in [5.41, 5.74) is 1.36. The summed E-state index contributed by atoms with van der Waals surface area (Å²) in [6.45, 7) is 12.0. The summed E-state index contributed by atoms with van der Waals surface area (Å²) in [5.74, 6) is 4.18. The van der Waals surface area contributed by atoms with E-state index in [9.17, 15) is 0 Å². The number of nitrogens with zero attached hydrogens (tertiary/aromatic N) is 2. The monoisotopic (exact) mass is 470 g/mol. The van der Waals surface area contributed by atoms with Gasteiger partial charge >= 0.3 is 0 Å². The number of hydrogen-bond acceptors (Lipinski definition) is 6. The predicted molar refractivity (Wildman–Crippen MR) is 124 cm³/mol. The number of fused-ring (bicyclic) bond motifs is 4. The first-order valence-electron chi connectivity index (χ1n) is 10.6. The third-order valence-corrected chi connectivity index (χ3v) is 10.0. The summed E-state index contributed by atoms with van der Waals surface area (Å²) < 4.78 is 12.3. The van der Waals surface area contributed by atoms with Gasteiger partial charge in [-0.1, -0.05) is 0 Å². The summed E-state index contributed by atoms with van der Waals surface area (Å²) >= 11 is 3.99. The predicted octanol–water partition coefficient (Wildman–Crippen LogP) is 3.96. The molecule has 8 saturated heterocycles. The molecule has 4 atom stereocenters. The lowest BCUT2D eigenvalue weighted by Crippen LogP contribution is -2.60. The van der Waals surface area contributed by atoms with Crippen molar-refractivity contribution in [2.24, 2.45) is 11.8 Å². The van der Waals surface area contributed by atoms with E-state index >= 15 is 0 Å². The molecular formula is C20H36Cl2N2O2S2. The Bertz CT molecular complexity index is 486. The van der Waals surface area contributed by atoms with E-state index in [0.29, 0.717) is 10.9 Å². The maximum Gasteiger partial charge on any atom is 0.101 e. The number of hydrogen-bond donors (Lipinski definition) is 0. The van der Waals surface area contributed by atoms with Gasteiger partial charge in [0.25, 0.3) is 0 Å². The Morgan fingerprint density at radius 1 is 0.679 bits per heavy atom. The Kier molecular flexibility index (Phi) is 7.91. The Hall–Kier alpha value is 1.12. The minimum absolute atomic E-state index is 0. The SMILES string of the molecule is C[C@@H]1O[C@@]2(CS1)CN1CCC2CC1.C[C@H]1O[C@]2(CS1)CN1CCC2CC1.Cl.Cl. The minimum Gasteiger partial charge on any atom is -0.359 e. The van der Waals surface area contributed by atoms with Gasteiger partial charge in [-0.15, -0.1) is 48.3 Å². The van der Waals surface area contributed by atoms with Gasteiger partial charge in [-0.05, 0) is 77.5 Å². The molecule has 0 aromatic rings. The normalized spacial score (nSPS) is 50.8. The third kappa shape index (κ3) is 4.36. The Balaban J connectivity index is 0.000000150. The maximum absolute atomic E-state index is 6.14. The average Bonchev–Trinajstić information content (AvgIpc) is 3.20. The number of halogens is 2. The second-order valence-corrected chi connectivity index (χ2v) is 11.8. The van der Waals surface area contributed by atoms with Gasteiger partial charge < -0.3 is 19.3 Å². The van der Waals surface area contributed by atoms with Gasteiger partial charge in [0.2, 0.25) is 0 Å². The van der Waals surface area contributed by atoms with Crippen molar-refractivity contribution in [3.8, 4) is 0 Å². The van der Waals surface area contributed by atoms with Crippen LogP contribution < -0.4 is 0 Å². The van der Waals surface area contributed by atoms with Crippen LogP contribution in [0, 0.1) is 11.8 Å². The first kappa shape index (κ1) is 23.8. The fourth-order valence-corrected chi connectivity index (χ4v) is 8.50. The second kappa shape index (κ2) is 9.32. The second-order valence-electron chi connectivity index (χ2n) is 9.22. The average molecular weight is 472 g/mol. The van der Waals surface area contributed by atoms with Crippen molar-refractivity contribution in [2.45, 2.75) is 61.6 Å².